The van der Waals surface area contributed by atoms with Crippen LogP contribution >= 0.6 is 0 Å². The maximum atomic E-state index is 13.5. The average Bonchev–Trinajstić information content (AvgIpc) is 3.02. The standard InChI is InChI=1S/C28H28N2O3/c1-5-33-23-13-11-22(12-14-23)25-26(29-24-15-8-19(3)16-20(24)4)28(32)30(27(25)31)17-21-9-6-18(2)7-10-21/h6-16,29H,5,17H2,1-4H3. The highest BCUT2D eigenvalue weighted by Gasteiger charge is 2.39. The molecule has 1 N–H and O–H groups in total. The van der Waals surface area contributed by atoms with Crippen molar-refractivity contribution in [2.45, 2.75) is 34.2 Å². The Labute approximate surface area is 194 Å². The lowest BCUT2D eigenvalue weighted by atomic mass is 10.0. The molecule has 0 aromatic heterocycles. The monoisotopic (exact) mass is 440 g/mol. The molecule has 5 heteroatoms. The highest BCUT2D eigenvalue weighted by molar-refractivity contribution is 6.36. The third-order valence-corrected chi connectivity index (χ3v) is 5.72. The first-order valence-corrected chi connectivity index (χ1v) is 11.1. The average molecular weight is 441 g/mol. The number of carbonyl (C=O) groups is 2. The van der Waals surface area contributed by atoms with Crippen LogP contribution in [-0.4, -0.2) is 23.3 Å². The molecule has 0 aliphatic carbocycles. The Morgan fingerprint density at radius 3 is 2.12 bits per heavy atom. The third kappa shape index (κ3) is 4.67. The van der Waals surface area contributed by atoms with E-state index in [2.05, 4.69) is 5.32 Å². The normalized spacial score (nSPS) is 13.6. The van der Waals surface area contributed by atoms with Crippen molar-refractivity contribution in [1.82, 2.24) is 4.90 Å². The number of anilines is 1. The van der Waals surface area contributed by atoms with Gasteiger partial charge in [0.15, 0.2) is 0 Å². The second kappa shape index (κ2) is 9.33. The fourth-order valence-electron chi connectivity index (χ4n) is 3.95. The molecule has 0 radical (unpaired) electrons. The number of imide groups is 1. The van der Waals surface area contributed by atoms with E-state index in [4.69, 9.17) is 4.74 Å². The first-order chi connectivity index (χ1) is 15.9. The predicted octanol–water partition coefficient (Wildman–Crippen LogP) is 5.40. The zero-order valence-electron chi connectivity index (χ0n) is 19.4. The number of hydrogen-bond acceptors (Lipinski definition) is 4. The Bertz CT molecular complexity index is 1230. The second-order valence-electron chi connectivity index (χ2n) is 8.33. The summed E-state index contributed by atoms with van der Waals surface area (Å²) >= 11 is 0. The highest BCUT2D eigenvalue weighted by atomic mass is 16.5. The summed E-state index contributed by atoms with van der Waals surface area (Å²) in [4.78, 5) is 28.3. The Hall–Kier alpha value is -3.86. The SMILES string of the molecule is CCOc1ccc(C2=C(Nc3ccc(C)cc3C)C(=O)N(Cc3ccc(C)cc3)C2=O)cc1. The predicted molar refractivity (Wildman–Crippen MR) is 131 cm³/mol. The van der Waals surface area contributed by atoms with E-state index >= 15 is 0 Å². The number of ether oxygens (including phenoxy) is 1. The number of carbonyl (C=O) groups excluding carboxylic acids is 2. The van der Waals surface area contributed by atoms with Crippen molar-refractivity contribution in [3.05, 3.63) is 100 Å². The van der Waals surface area contributed by atoms with Gasteiger partial charge < -0.3 is 10.1 Å². The van der Waals surface area contributed by atoms with Gasteiger partial charge in [-0.2, -0.15) is 0 Å². The van der Waals surface area contributed by atoms with E-state index in [0.29, 0.717) is 23.4 Å². The van der Waals surface area contributed by atoms with E-state index in [1.54, 1.807) is 0 Å². The fraction of sp³-hybridized carbons (Fsp3) is 0.214. The molecule has 5 nitrogen and oxygen atoms in total. The molecule has 4 rings (SSSR count). The summed E-state index contributed by atoms with van der Waals surface area (Å²) in [5.41, 5.74) is 6.31. The molecule has 1 heterocycles. The van der Waals surface area contributed by atoms with Crippen LogP contribution in [-0.2, 0) is 16.1 Å². The first-order valence-electron chi connectivity index (χ1n) is 11.1. The van der Waals surface area contributed by atoms with Gasteiger partial charge in [-0.3, -0.25) is 14.5 Å². The molecule has 0 bridgehead atoms. The van der Waals surface area contributed by atoms with E-state index in [1.165, 1.54) is 4.90 Å². The molecule has 3 aromatic rings. The summed E-state index contributed by atoms with van der Waals surface area (Å²) in [5.74, 6) is 0.0838. The molecule has 0 saturated heterocycles. The zero-order valence-corrected chi connectivity index (χ0v) is 19.4. The van der Waals surface area contributed by atoms with Crippen LogP contribution in [0.1, 0.15) is 34.7 Å². The molecule has 0 atom stereocenters. The van der Waals surface area contributed by atoms with E-state index in [-0.39, 0.29) is 18.4 Å². The second-order valence-corrected chi connectivity index (χ2v) is 8.33. The first kappa shape index (κ1) is 22.3. The summed E-state index contributed by atoms with van der Waals surface area (Å²) in [5, 5.41) is 3.27. The number of amides is 2. The lowest BCUT2D eigenvalue weighted by Gasteiger charge is -2.16. The summed E-state index contributed by atoms with van der Waals surface area (Å²) < 4.78 is 5.54. The van der Waals surface area contributed by atoms with E-state index in [9.17, 15) is 9.59 Å². The minimum absolute atomic E-state index is 0.219. The van der Waals surface area contributed by atoms with Crippen molar-refractivity contribution < 1.29 is 14.3 Å². The van der Waals surface area contributed by atoms with Crippen LogP contribution in [0, 0.1) is 20.8 Å². The van der Waals surface area contributed by atoms with Gasteiger partial charge in [0.25, 0.3) is 11.8 Å². The Morgan fingerprint density at radius 1 is 0.818 bits per heavy atom. The Balaban J connectivity index is 1.73. The number of aryl methyl sites for hydroxylation is 3. The van der Waals surface area contributed by atoms with E-state index < -0.39 is 0 Å². The van der Waals surface area contributed by atoms with Gasteiger partial charge in [0.2, 0.25) is 0 Å². The molecule has 1 aliphatic heterocycles. The molecule has 33 heavy (non-hydrogen) atoms. The van der Waals surface area contributed by atoms with Crippen molar-refractivity contribution in [3.8, 4) is 5.75 Å². The summed E-state index contributed by atoms with van der Waals surface area (Å²) in [6, 6.07) is 21.1. The largest absolute Gasteiger partial charge is 0.494 e. The van der Waals surface area contributed by atoms with Gasteiger partial charge in [0.1, 0.15) is 11.4 Å². The fourth-order valence-corrected chi connectivity index (χ4v) is 3.95. The summed E-state index contributed by atoms with van der Waals surface area (Å²) in [7, 11) is 0. The molecule has 0 fully saturated rings. The Morgan fingerprint density at radius 2 is 1.48 bits per heavy atom. The topological polar surface area (TPSA) is 58.6 Å². The zero-order chi connectivity index (χ0) is 23.5. The number of hydrogen-bond donors (Lipinski definition) is 1. The molecule has 0 spiro atoms. The van der Waals surface area contributed by atoms with Crippen molar-refractivity contribution >= 4 is 23.1 Å². The van der Waals surface area contributed by atoms with Crippen LogP contribution in [0.3, 0.4) is 0 Å². The molecule has 3 aromatic carbocycles. The summed E-state index contributed by atoms with van der Waals surface area (Å²) in [6.07, 6.45) is 0. The number of rotatable bonds is 7. The van der Waals surface area contributed by atoms with Crippen molar-refractivity contribution in [3.63, 3.8) is 0 Å². The molecule has 0 unspecified atom stereocenters. The van der Waals surface area contributed by atoms with Crippen LogP contribution in [0.25, 0.3) is 5.57 Å². The molecule has 168 valence electrons. The van der Waals surface area contributed by atoms with Gasteiger partial charge in [0.05, 0.1) is 18.7 Å². The van der Waals surface area contributed by atoms with Gasteiger partial charge in [-0.25, -0.2) is 0 Å². The lowest BCUT2D eigenvalue weighted by molar-refractivity contribution is -0.137. The number of benzene rings is 3. The minimum atomic E-state index is -0.329. The lowest BCUT2D eigenvalue weighted by Crippen LogP contribution is -2.32. The van der Waals surface area contributed by atoms with Gasteiger partial charge in [0, 0.05) is 5.69 Å². The van der Waals surface area contributed by atoms with Gasteiger partial charge in [-0.05, 0) is 62.6 Å². The molecular weight excluding hydrogens is 412 g/mol. The van der Waals surface area contributed by atoms with Crippen LogP contribution in [0.2, 0.25) is 0 Å². The van der Waals surface area contributed by atoms with Crippen LogP contribution in [0.15, 0.2) is 72.4 Å². The quantitative estimate of drug-likeness (QED) is 0.500. The molecular formula is C28H28N2O3. The smallest absolute Gasteiger partial charge is 0.278 e. The van der Waals surface area contributed by atoms with Gasteiger partial charge in [-0.15, -0.1) is 0 Å². The molecule has 2 amide bonds. The van der Waals surface area contributed by atoms with E-state index in [1.807, 2.05) is 94.4 Å². The maximum absolute atomic E-state index is 13.5. The Kier molecular flexibility index (Phi) is 6.31. The molecule has 1 aliphatic rings. The number of nitrogens with zero attached hydrogens (tertiary/aromatic N) is 1. The summed E-state index contributed by atoms with van der Waals surface area (Å²) in [6.45, 7) is 8.71. The van der Waals surface area contributed by atoms with Gasteiger partial charge in [-0.1, -0.05) is 59.7 Å². The van der Waals surface area contributed by atoms with Crippen LogP contribution in [0.5, 0.6) is 5.75 Å². The third-order valence-electron chi connectivity index (χ3n) is 5.72. The van der Waals surface area contributed by atoms with Crippen LogP contribution in [0.4, 0.5) is 5.69 Å². The maximum Gasteiger partial charge on any atom is 0.278 e. The highest BCUT2D eigenvalue weighted by Crippen LogP contribution is 2.33. The minimum Gasteiger partial charge on any atom is -0.494 e. The van der Waals surface area contributed by atoms with Crippen molar-refractivity contribution in [2.75, 3.05) is 11.9 Å². The van der Waals surface area contributed by atoms with Crippen LogP contribution < -0.4 is 10.1 Å². The van der Waals surface area contributed by atoms with Gasteiger partial charge >= 0.3 is 0 Å². The van der Waals surface area contributed by atoms with E-state index in [0.717, 1.165) is 33.7 Å². The van der Waals surface area contributed by atoms with Crippen molar-refractivity contribution in [1.29, 1.82) is 0 Å². The number of nitrogens with one attached hydrogen (secondary N) is 1. The molecule has 0 saturated carbocycles. The van der Waals surface area contributed by atoms with Crippen molar-refractivity contribution in [2.24, 2.45) is 0 Å².